The number of carbonyl (C=O) groups excluding carboxylic acids is 3. The van der Waals surface area contributed by atoms with Crippen molar-refractivity contribution in [1.29, 1.82) is 0 Å². The van der Waals surface area contributed by atoms with Crippen molar-refractivity contribution in [3.8, 4) is 0 Å². The van der Waals surface area contributed by atoms with Gasteiger partial charge in [-0.25, -0.2) is 4.39 Å². The largest absolute Gasteiger partial charge is 0.351 e. The number of benzene rings is 1. The minimum absolute atomic E-state index is 0.338. The third-order valence-corrected chi connectivity index (χ3v) is 4.12. The van der Waals surface area contributed by atoms with Gasteiger partial charge in [0.1, 0.15) is 5.82 Å². The Morgan fingerprint density at radius 2 is 1.83 bits per heavy atom. The van der Waals surface area contributed by atoms with Gasteiger partial charge in [0.15, 0.2) is 0 Å². The third kappa shape index (κ3) is 4.63. The number of hydrogen-bond donors (Lipinski definition) is 3. The maximum Gasteiger partial charge on any atom is 0.309 e. The smallest absolute Gasteiger partial charge is 0.309 e. The van der Waals surface area contributed by atoms with Gasteiger partial charge >= 0.3 is 11.8 Å². The Balaban J connectivity index is 2.06. The molecule has 0 bridgehead atoms. The molecule has 0 aliphatic carbocycles. The fourth-order valence-electron chi connectivity index (χ4n) is 2.00. The molecule has 1 aromatic carbocycles. The van der Waals surface area contributed by atoms with E-state index in [1.165, 1.54) is 30.5 Å². The van der Waals surface area contributed by atoms with Crippen LogP contribution in [0.3, 0.4) is 0 Å². The molecule has 3 amide bonds. The van der Waals surface area contributed by atoms with Gasteiger partial charge in [-0.2, -0.15) is 0 Å². The Morgan fingerprint density at radius 3 is 2.42 bits per heavy atom. The van der Waals surface area contributed by atoms with Crippen molar-refractivity contribution in [3.63, 3.8) is 0 Å². The van der Waals surface area contributed by atoms with Crippen LogP contribution < -0.4 is 16.0 Å². The Labute approximate surface area is 142 Å². The summed E-state index contributed by atoms with van der Waals surface area (Å²) in [6.07, 6.45) is 0. The molecule has 3 N–H and O–H groups in total. The summed E-state index contributed by atoms with van der Waals surface area (Å²) in [7, 11) is 1.32. The molecular weight excluding hydrogens is 333 g/mol. The molecule has 1 atom stereocenters. The van der Waals surface area contributed by atoms with Crippen molar-refractivity contribution in [2.24, 2.45) is 0 Å². The second-order valence-corrected chi connectivity index (χ2v) is 5.81. The van der Waals surface area contributed by atoms with Gasteiger partial charge < -0.3 is 16.0 Å². The molecule has 2 rings (SSSR count). The molecule has 1 unspecified atom stereocenters. The molecule has 1 aromatic heterocycles. The molecule has 0 saturated heterocycles. The first kappa shape index (κ1) is 17.6. The summed E-state index contributed by atoms with van der Waals surface area (Å²) in [5, 5.41) is 9.03. The van der Waals surface area contributed by atoms with E-state index >= 15 is 0 Å². The van der Waals surface area contributed by atoms with E-state index in [2.05, 4.69) is 16.0 Å². The molecule has 24 heavy (non-hydrogen) atoms. The van der Waals surface area contributed by atoms with Gasteiger partial charge in [-0.05, 0) is 29.1 Å². The maximum absolute atomic E-state index is 13.1. The average molecular weight is 349 g/mol. The average Bonchev–Trinajstić information content (AvgIpc) is 3.12. The topological polar surface area (TPSA) is 87.3 Å². The van der Waals surface area contributed by atoms with Gasteiger partial charge in [0.2, 0.25) is 5.91 Å². The van der Waals surface area contributed by atoms with Crippen LogP contribution in [0.4, 0.5) is 4.39 Å². The molecule has 126 valence electrons. The zero-order valence-corrected chi connectivity index (χ0v) is 13.7. The van der Waals surface area contributed by atoms with Crippen LogP contribution in [0.1, 0.15) is 16.5 Å². The van der Waals surface area contributed by atoms with Crippen molar-refractivity contribution < 1.29 is 18.8 Å². The summed E-state index contributed by atoms with van der Waals surface area (Å²) >= 11 is 1.45. The third-order valence-electron chi connectivity index (χ3n) is 3.18. The Kier molecular flexibility index (Phi) is 6.02. The molecule has 0 fully saturated rings. The number of thiophene rings is 1. The summed E-state index contributed by atoms with van der Waals surface area (Å²) < 4.78 is 13.1. The summed E-state index contributed by atoms with van der Waals surface area (Å²) in [6.45, 7) is -0.338. The van der Waals surface area contributed by atoms with E-state index in [1.54, 1.807) is 12.1 Å². The molecule has 0 aliphatic rings. The fourth-order valence-corrected chi connectivity index (χ4v) is 2.80. The predicted octanol–water partition coefficient (Wildman–Crippen LogP) is 0.955. The first-order chi connectivity index (χ1) is 11.5. The summed E-state index contributed by atoms with van der Waals surface area (Å²) in [6, 6.07) is 9.03. The quantitative estimate of drug-likeness (QED) is 0.703. The number of rotatable bonds is 5. The molecule has 2 aromatic rings. The Morgan fingerprint density at radius 1 is 1.12 bits per heavy atom. The van der Waals surface area contributed by atoms with Crippen LogP contribution in [0.2, 0.25) is 0 Å². The van der Waals surface area contributed by atoms with Gasteiger partial charge in [-0.3, -0.25) is 14.4 Å². The molecule has 0 aliphatic heterocycles. The highest BCUT2D eigenvalue weighted by molar-refractivity contribution is 7.10. The van der Waals surface area contributed by atoms with E-state index in [0.717, 1.165) is 4.88 Å². The van der Waals surface area contributed by atoms with Gasteiger partial charge in [0.25, 0.3) is 0 Å². The fraction of sp³-hybridized carbons (Fsp3) is 0.188. The van der Waals surface area contributed by atoms with Crippen molar-refractivity contribution in [2.75, 3.05) is 13.6 Å². The second-order valence-electron chi connectivity index (χ2n) is 4.83. The van der Waals surface area contributed by atoms with Crippen molar-refractivity contribution in [3.05, 3.63) is 58.0 Å². The maximum atomic E-state index is 13.1. The normalized spacial score (nSPS) is 11.4. The predicted molar refractivity (Wildman–Crippen MR) is 87.8 cm³/mol. The van der Waals surface area contributed by atoms with Crippen molar-refractivity contribution in [2.45, 2.75) is 6.04 Å². The monoisotopic (exact) mass is 349 g/mol. The van der Waals surface area contributed by atoms with Crippen LogP contribution in [0.25, 0.3) is 0 Å². The van der Waals surface area contributed by atoms with Crippen LogP contribution in [0.15, 0.2) is 41.8 Å². The van der Waals surface area contributed by atoms with Crippen LogP contribution in [-0.2, 0) is 14.4 Å². The number of carbonyl (C=O) groups is 3. The summed E-state index contributed by atoms with van der Waals surface area (Å²) in [5.41, 5.74) is 0.713. The zero-order chi connectivity index (χ0) is 17.5. The SMILES string of the molecule is CNC(=O)C(=O)NCC(=O)NC(c1ccc(F)cc1)c1cccs1. The standard InChI is InChI=1S/C16H16FN3O3S/c1-18-15(22)16(23)19-9-13(21)20-14(12-3-2-8-24-12)10-4-6-11(17)7-5-10/h2-8,14H,9H2,1H3,(H,18,22)(H,19,23)(H,20,21). The van der Waals surface area contributed by atoms with Gasteiger partial charge in [0, 0.05) is 11.9 Å². The first-order valence-electron chi connectivity index (χ1n) is 7.09. The lowest BCUT2D eigenvalue weighted by Crippen LogP contribution is -2.44. The molecule has 8 heteroatoms. The van der Waals surface area contributed by atoms with E-state index in [9.17, 15) is 18.8 Å². The summed E-state index contributed by atoms with van der Waals surface area (Å²) in [4.78, 5) is 35.4. The minimum atomic E-state index is -0.887. The highest BCUT2D eigenvalue weighted by Crippen LogP contribution is 2.26. The molecule has 0 saturated carbocycles. The van der Waals surface area contributed by atoms with E-state index in [-0.39, 0.29) is 12.4 Å². The zero-order valence-electron chi connectivity index (χ0n) is 12.8. The number of halogens is 1. The van der Waals surface area contributed by atoms with E-state index in [4.69, 9.17) is 0 Å². The molecular formula is C16H16FN3O3S. The highest BCUT2D eigenvalue weighted by atomic mass is 32.1. The van der Waals surface area contributed by atoms with E-state index in [0.29, 0.717) is 5.56 Å². The van der Waals surface area contributed by atoms with Gasteiger partial charge in [-0.1, -0.05) is 18.2 Å². The van der Waals surface area contributed by atoms with Crippen molar-refractivity contribution in [1.82, 2.24) is 16.0 Å². The van der Waals surface area contributed by atoms with E-state index < -0.39 is 23.8 Å². The second kappa shape index (κ2) is 8.21. The lowest BCUT2D eigenvalue weighted by molar-refractivity contribution is -0.139. The molecule has 6 nitrogen and oxygen atoms in total. The number of amides is 3. The van der Waals surface area contributed by atoms with Crippen molar-refractivity contribution >= 4 is 29.1 Å². The lowest BCUT2D eigenvalue weighted by Gasteiger charge is -2.18. The highest BCUT2D eigenvalue weighted by Gasteiger charge is 2.19. The Hall–Kier alpha value is -2.74. The number of nitrogens with one attached hydrogen (secondary N) is 3. The minimum Gasteiger partial charge on any atom is -0.351 e. The number of hydrogen-bond acceptors (Lipinski definition) is 4. The molecule has 0 spiro atoms. The summed E-state index contributed by atoms with van der Waals surface area (Å²) in [5.74, 6) is -2.54. The van der Waals surface area contributed by atoms with Gasteiger partial charge in [0.05, 0.1) is 12.6 Å². The van der Waals surface area contributed by atoms with Crippen LogP contribution in [-0.4, -0.2) is 31.3 Å². The van der Waals surface area contributed by atoms with Crippen LogP contribution in [0.5, 0.6) is 0 Å². The van der Waals surface area contributed by atoms with E-state index in [1.807, 2.05) is 17.5 Å². The molecule has 0 radical (unpaired) electrons. The first-order valence-corrected chi connectivity index (χ1v) is 7.97. The molecule has 1 heterocycles. The van der Waals surface area contributed by atoms with Crippen LogP contribution >= 0.6 is 11.3 Å². The van der Waals surface area contributed by atoms with Crippen LogP contribution in [0, 0.1) is 5.82 Å². The Bertz CT molecular complexity index is 717. The van der Waals surface area contributed by atoms with Gasteiger partial charge in [-0.15, -0.1) is 11.3 Å². The lowest BCUT2D eigenvalue weighted by atomic mass is 10.1. The number of likely N-dealkylation sites (N-methyl/N-ethyl adjacent to an activating group) is 1.